The van der Waals surface area contributed by atoms with Crippen LogP contribution in [0.3, 0.4) is 0 Å². The molecule has 0 aliphatic heterocycles. The Morgan fingerprint density at radius 2 is 1.38 bits per heavy atom. The third kappa shape index (κ3) is 35.1. The molecule has 34 heavy (non-hydrogen) atoms. The Hall–Kier alpha value is -1.49. The fraction of sp³-hybridized carbons (Fsp3) is 0.824. The van der Waals surface area contributed by atoms with E-state index in [0.29, 0.717) is 62.6 Å². The van der Waals surface area contributed by atoms with Crippen molar-refractivity contribution in [2.45, 2.75) is 50.6 Å². The summed E-state index contributed by atoms with van der Waals surface area (Å²) in [5.74, 6) is -1.50. The lowest BCUT2D eigenvalue weighted by molar-refractivity contribution is -0.139. The molecule has 0 saturated heterocycles. The molecule has 0 radical (unpaired) electrons. The van der Waals surface area contributed by atoms with E-state index in [-0.39, 0.29) is 5.96 Å². The number of nitrogens with one attached hydrogen (secondary N) is 1. The molecule has 0 bridgehead atoms. The zero-order valence-electron chi connectivity index (χ0n) is 19.4. The molecule has 0 aliphatic carbocycles. The number of guanidine groups is 1. The first-order chi connectivity index (χ1) is 15.8. The van der Waals surface area contributed by atoms with E-state index in [1.54, 1.807) is 0 Å². The van der Waals surface area contributed by atoms with Gasteiger partial charge in [0.1, 0.15) is 12.1 Å². The molecule has 17 heteroatoms. The van der Waals surface area contributed by atoms with Gasteiger partial charge < -0.3 is 59.7 Å². The predicted octanol–water partition coefficient (Wildman–Crippen LogP) is -2.27. The molecule has 0 spiro atoms. The molecule has 0 saturated carbocycles. The lowest BCUT2D eigenvalue weighted by Crippen LogP contribution is -2.30. The number of hydrogen-bond donors (Lipinski definition) is 11. The second kappa shape index (κ2) is 24.6. The molecule has 0 aromatic rings. The van der Waals surface area contributed by atoms with Crippen molar-refractivity contribution in [2.75, 3.05) is 38.5 Å². The van der Waals surface area contributed by atoms with Gasteiger partial charge in [0.2, 0.25) is 0 Å². The zero-order chi connectivity index (χ0) is 27.0. The van der Waals surface area contributed by atoms with E-state index in [0.717, 1.165) is 25.8 Å². The highest BCUT2D eigenvalue weighted by atomic mass is 32.7. The van der Waals surface area contributed by atoms with Crippen LogP contribution in [-0.2, 0) is 14.2 Å². The van der Waals surface area contributed by atoms with E-state index in [4.69, 9.17) is 54.4 Å². The van der Waals surface area contributed by atoms with E-state index in [9.17, 15) is 14.2 Å². The first-order valence-corrected chi connectivity index (χ1v) is 13.8. The molecule has 0 aromatic heterocycles. The number of aliphatic imine (C=N–C) groups is 1. The van der Waals surface area contributed by atoms with Crippen LogP contribution in [0.4, 0.5) is 0 Å². The monoisotopic (exact) mass is 534 g/mol. The van der Waals surface area contributed by atoms with Crippen LogP contribution in [0.2, 0.25) is 0 Å². The number of carboxylic acid groups (broad SMARTS) is 2. The quantitative estimate of drug-likeness (QED) is 0.0405. The molecule has 2 atom stereocenters. The molecule has 15 nitrogen and oxygen atoms in total. The molecular formula is C17H43N8O7PS. The molecule has 17 N–H and O–H groups in total. The van der Waals surface area contributed by atoms with Crippen LogP contribution >= 0.6 is 18.2 Å². The Kier molecular flexibility index (Phi) is 26.8. The van der Waals surface area contributed by atoms with E-state index in [2.05, 4.69) is 10.3 Å². The van der Waals surface area contributed by atoms with Gasteiger partial charge in [0.15, 0.2) is 5.96 Å². The first kappa shape index (κ1) is 37.1. The lowest BCUT2D eigenvalue weighted by Gasteiger charge is -2.04. The number of carboxylic acids is 2. The summed E-state index contributed by atoms with van der Waals surface area (Å²) in [5.41, 5.74) is 31.0. The van der Waals surface area contributed by atoms with Gasteiger partial charge in [-0.05, 0) is 63.1 Å². The molecule has 0 aliphatic rings. The van der Waals surface area contributed by atoms with Gasteiger partial charge in [-0.3, -0.25) is 14.6 Å². The number of unbranched alkanes of at least 4 members (excludes halogenated alkanes) is 1. The number of rotatable bonds is 17. The lowest BCUT2D eigenvalue weighted by atomic mass is 10.1. The van der Waals surface area contributed by atoms with Gasteiger partial charge in [-0.25, -0.2) is 4.57 Å². The van der Waals surface area contributed by atoms with Gasteiger partial charge in [0.05, 0.1) is 0 Å². The van der Waals surface area contributed by atoms with Crippen molar-refractivity contribution in [3.63, 3.8) is 0 Å². The van der Waals surface area contributed by atoms with Crippen LogP contribution in [0.15, 0.2) is 4.99 Å². The molecule has 204 valence electrons. The minimum Gasteiger partial charge on any atom is -0.480 e. The Balaban J connectivity index is -0.000000426. The van der Waals surface area contributed by atoms with Crippen LogP contribution in [0.5, 0.6) is 0 Å². The Labute approximate surface area is 204 Å². The fourth-order valence-corrected chi connectivity index (χ4v) is 3.32. The maximum absolute atomic E-state index is 10.3. The van der Waals surface area contributed by atoms with Crippen molar-refractivity contribution >= 4 is 36.1 Å². The smallest absolute Gasteiger partial charge is 0.384 e. The van der Waals surface area contributed by atoms with Crippen molar-refractivity contribution in [3.8, 4) is 0 Å². The fourth-order valence-electron chi connectivity index (χ4n) is 1.86. The highest BCUT2D eigenvalue weighted by molar-refractivity contribution is 8.54. The molecule has 0 rings (SSSR count). The van der Waals surface area contributed by atoms with E-state index >= 15 is 0 Å². The summed E-state index contributed by atoms with van der Waals surface area (Å²) >= 11 is 0.665. The van der Waals surface area contributed by atoms with Gasteiger partial charge in [-0.15, -0.1) is 0 Å². The first-order valence-electron chi connectivity index (χ1n) is 10.6. The summed E-state index contributed by atoms with van der Waals surface area (Å²) in [4.78, 5) is 40.9. The van der Waals surface area contributed by atoms with Gasteiger partial charge >= 0.3 is 18.7 Å². The van der Waals surface area contributed by atoms with E-state index < -0.39 is 30.8 Å². The molecule has 0 fully saturated rings. The van der Waals surface area contributed by atoms with Crippen molar-refractivity contribution in [3.05, 3.63) is 0 Å². The van der Waals surface area contributed by atoms with Crippen LogP contribution < -0.4 is 39.7 Å². The normalized spacial score (nSPS) is 12.3. The van der Waals surface area contributed by atoms with Gasteiger partial charge in [0.25, 0.3) is 0 Å². The minimum absolute atomic E-state index is 0.0129. The maximum Gasteiger partial charge on any atom is 0.384 e. The summed E-state index contributed by atoms with van der Waals surface area (Å²) in [6.07, 6.45) is 4.01. The summed E-state index contributed by atoms with van der Waals surface area (Å²) in [6.45, 7) is -0.798. The molecule has 0 aromatic carbocycles. The minimum atomic E-state index is -3.87. The summed E-state index contributed by atoms with van der Waals surface area (Å²) < 4.78 is 10.3. The Morgan fingerprint density at radius 1 is 0.882 bits per heavy atom. The maximum atomic E-state index is 10.3. The highest BCUT2D eigenvalue weighted by Gasteiger charge is 2.12. The van der Waals surface area contributed by atoms with Crippen LogP contribution in [0.25, 0.3) is 0 Å². The highest BCUT2D eigenvalue weighted by Crippen LogP contribution is 2.49. The van der Waals surface area contributed by atoms with Crippen LogP contribution in [0.1, 0.15) is 38.5 Å². The number of carbonyl (C=O) groups is 2. The summed E-state index contributed by atoms with van der Waals surface area (Å²) in [5, 5.41) is 19.7. The van der Waals surface area contributed by atoms with Gasteiger partial charge in [0, 0.05) is 18.8 Å². The largest absolute Gasteiger partial charge is 0.480 e. The van der Waals surface area contributed by atoms with E-state index in [1.807, 2.05) is 0 Å². The molecule has 0 unspecified atom stereocenters. The van der Waals surface area contributed by atoms with Crippen molar-refractivity contribution < 1.29 is 34.2 Å². The average Bonchev–Trinajstić information content (AvgIpc) is 2.73. The summed E-state index contributed by atoms with van der Waals surface area (Å²) in [7, 11) is 0. The van der Waals surface area contributed by atoms with Crippen LogP contribution in [0, 0.1) is 0 Å². The van der Waals surface area contributed by atoms with Crippen molar-refractivity contribution in [2.24, 2.45) is 39.4 Å². The third-order valence-electron chi connectivity index (χ3n) is 3.67. The molecule has 0 heterocycles. The molecular weight excluding hydrogens is 491 g/mol. The van der Waals surface area contributed by atoms with Crippen LogP contribution in [-0.4, -0.2) is 88.5 Å². The second-order valence-corrected chi connectivity index (χ2v) is 10.7. The SMILES string of the molecule is NC(N)=NCCC[C@H](N)C(=O)O.NCCCC[C@H](N)C(=O)O.NCCCNCCSP(=O)(O)O. The number of aliphatic carboxylic acids is 2. The molecule has 0 amide bonds. The third-order valence-corrected chi connectivity index (χ3v) is 5.95. The number of nitrogens with zero attached hydrogens (tertiary/aromatic N) is 1. The van der Waals surface area contributed by atoms with Crippen molar-refractivity contribution in [1.82, 2.24) is 5.32 Å². The average molecular weight is 535 g/mol. The van der Waals surface area contributed by atoms with E-state index in [1.165, 1.54) is 0 Å². The Bertz CT molecular complexity index is 594. The topological polar surface area (TPSA) is 313 Å². The zero-order valence-corrected chi connectivity index (χ0v) is 21.1. The number of hydrogen-bond acceptors (Lipinski definition) is 10. The van der Waals surface area contributed by atoms with Gasteiger partial charge in [-0.1, -0.05) is 6.42 Å². The van der Waals surface area contributed by atoms with Gasteiger partial charge in [-0.2, -0.15) is 0 Å². The second-order valence-electron chi connectivity index (χ2n) is 6.84. The number of nitrogens with two attached hydrogens (primary N) is 6. The van der Waals surface area contributed by atoms with Crippen molar-refractivity contribution in [1.29, 1.82) is 0 Å². The summed E-state index contributed by atoms with van der Waals surface area (Å²) in [6, 6.07) is -1.54. The predicted molar refractivity (Wildman–Crippen MR) is 135 cm³/mol. The standard InChI is InChI=1S/C6H14N4O2.C6H14N2O2.C5H15N2O3PS/c7-4(5(11)12)2-1-3-10-6(8)9;7-4-2-1-3-5(8)6(9)10;6-2-1-3-7-4-5-12-11(8,9)10/h4H,1-3,7H2,(H,11,12)(H4,8,9,10);5H,1-4,7-8H2,(H,9,10);7H,1-6H2,(H2,8,9,10)/t4-;5-;/m00./s1. The Morgan fingerprint density at radius 3 is 1.79 bits per heavy atom.